The van der Waals surface area contributed by atoms with Crippen LogP contribution in [0, 0.1) is 5.41 Å². The lowest BCUT2D eigenvalue weighted by Gasteiger charge is -2.45. The van der Waals surface area contributed by atoms with E-state index >= 15 is 0 Å². The smallest absolute Gasteiger partial charge is 0.449 e. The first-order chi connectivity index (χ1) is 7.77. The van der Waals surface area contributed by atoms with Crippen molar-refractivity contribution in [3.8, 4) is 0 Å². The number of carboxylic acid groups (broad SMARTS) is 1. The van der Waals surface area contributed by atoms with Crippen LogP contribution in [0.3, 0.4) is 0 Å². The standard InChI is InChI=1S/C12H20O5/c1-11(2,3)12(7-5-4-6-8-12)17-10(15)16-9(13)14/h4-8H2,1-3H3,(H,13,14). The highest BCUT2D eigenvalue weighted by molar-refractivity contribution is 5.75. The molecule has 0 atom stereocenters. The largest absolute Gasteiger partial charge is 0.519 e. The fourth-order valence-electron chi connectivity index (χ4n) is 2.38. The third-order valence-corrected chi connectivity index (χ3v) is 3.48. The second-order valence-electron chi connectivity index (χ2n) is 5.52. The Bertz CT molecular complexity index is 297. The maximum atomic E-state index is 11.3. The van der Waals surface area contributed by atoms with Crippen LogP contribution in [0.25, 0.3) is 0 Å². The summed E-state index contributed by atoms with van der Waals surface area (Å²) in [4.78, 5) is 21.6. The van der Waals surface area contributed by atoms with Crippen LogP contribution in [0.4, 0.5) is 9.59 Å². The van der Waals surface area contributed by atoms with E-state index in [0.29, 0.717) is 0 Å². The van der Waals surface area contributed by atoms with Crippen molar-refractivity contribution in [3.63, 3.8) is 0 Å². The first-order valence-corrected chi connectivity index (χ1v) is 5.91. The van der Waals surface area contributed by atoms with Gasteiger partial charge in [-0.2, -0.15) is 0 Å². The topological polar surface area (TPSA) is 72.8 Å². The monoisotopic (exact) mass is 244 g/mol. The van der Waals surface area contributed by atoms with E-state index in [-0.39, 0.29) is 5.41 Å². The molecule has 5 heteroatoms. The second-order valence-corrected chi connectivity index (χ2v) is 5.52. The predicted octanol–water partition coefficient (Wildman–Crippen LogP) is 3.57. The summed E-state index contributed by atoms with van der Waals surface area (Å²) in [6.07, 6.45) is 1.85. The average molecular weight is 244 g/mol. The lowest BCUT2D eigenvalue weighted by molar-refractivity contribution is -0.110. The Hall–Kier alpha value is -1.26. The van der Waals surface area contributed by atoms with Gasteiger partial charge in [-0.25, -0.2) is 9.59 Å². The molecule has 0 unspecified atom stereocenters. The Balaban J connectivity index is 2.77. The normalized spacial score (nSPS) is 19.5. The molecule has 0 aromatic carbocycles. The van der Waals surface area contributed by atoms with Gasteiger partial charge >= 0.3 is 12.3 Å². The van der Waals surface area contributed by atoms with E-state index in [1.807, 2.05) is 20.8 Å². The Kier molecular flexibility index (Phi) is 4.01. The molecule has 0 amide bonds. The Labute approximate surface area is 101 Å². The molecule has 1 N–H and O–H groups in total. The maximum Gasteiger partial charge on any atom is 0.519 e. The first-order valence-electron chi connectivity index (χ1n) is 5.91. The van der Waals surface area contributed by atoms with Crippen molar-refractivity contribution in [2.75, 3.05) is 0 Å². The summed E-state index contributed by atoms with van der Waals surface area (Å²) >= 11 is 0. The second kappa shape index (κ2) is 4.94. The minimum absolute atomic E-state index is 0.231. The molecule has 1 aliphatic rings. The van der Waals surface area contributed by atoms with Crippen LogP contribution in [0.1, 0.15) is 52.9 Å². The van der Waals surface area contributed by atoms with Crippen LogP contribution >= 0.6 is 0 Å². The fraction of sp³-hybridized carbons (Fsp3) is 0.833. The van der Waals surface area contributed by atoms with Gasteiger partial charge in [0.2, 0.25) is 0 Å². The molecule has 1 fully saturated rings. The van der Waals surface area contributed by atoms with E-state index in [1.165, 1.54) is 0 Å². The maximum absolute atomic E-state index is 11.3. The van der Waals surface area contributed by atoms with Gasteiger partial charge in [0.1, 0.15) is 5.60 Å². The summed E-state index contributed by atoms with van der Waals surface area (Å²) in [5.74, 6) is 0. The quantitative estimate of drug-likeness (QED) is 0.564. The number of hydrogen-bond acceptors (Lipinski definition) is 4. The number of carbonyl (C=O) groups excluding carboxylic acids is 1. The lowest BCUT2D eigenvalue weighted by Crippen LogP contribution is -2.48. The lowest BCUT2D eigenvalue weighted by atomic mass is 9.68. The molecule has 0 aromatic heterocycles. The van der Waals surface area contributed by atoms with E-state index in [2.05, 4.69) is 4.74 Å². The Morgan fingerprint density at radius 1 is 1.12 bits per heavy atom. The van der Waals surface area contributed by atoms with Gasteiger partial charge in [0.05, 0.1) is 0 Å². The SMILES string of the molecule is CC(C)(C)C1(OC(=O)OC(=O)O)CCCCC1. The van der Waals surface area contributed by atoms with Crippen molar-refractivity contribution in [2.24, 2.45) is 5.41 Å². The molecule has 0 bridgehead atoms. The van der Waals surface area contributed by atoms with E-state index in [1.54, 1.807) is 0 Å². The molecule has 1 aliphatic carbocycles. The zero-order chi connectivity index (χ0) is 13.1. The van der Waals surface area contributed by atoms with Crippen LogP contribution in [0.15, 0.2) is 0 Å². The van der Waals surface area contributed by atoms with E-state index in [4.69, 9.17) is 9.84 Å². The number of hydrogen-bond donors (Lipinski definition) is 1. The van der Waals surface area contributed by atoms with Gasteiger partial charge in [0.25, 0.3) is 0 Å². The van der Waals surface area contributed by atoms with Gasteiger partial charge < -0.3 is 14.6 Å². The summed E-state index contributed by atoms with van der Waals surface area (Å²) in [5.41, 5.74) is -0.845. The van der Waals surface area contributed by atoms with E-state index in [0.717, 1.165) is 32.1 Å². The van der Waals surface area contributed by atoms with Gasteiger partial charge in [-0.3, -0.25) is 0 Å². The third-order valence-electron chi connectivity index (χ3n) is 3.48. The molecule has 5 nitrogen and oxygen atoms in total. The van der Waals surface area contributed by atoms with Crippen LogP contribution < -0.4 is 0 Å². The molecular formula is C12H20O5. The minimum atomic E-state index is -1.63. The minimum Gasteiger partial charge on any atom is -0.449 e. The summed E-state index contributed by atoms with van der Waals surface area (Å²) < 4.78 is 9.34. The summed E-state index contributed by atoms with van der Waals surface area (Å²) in [7, 11) is 0. The summed E-state index contributed by atoms with van der Waals surface area (Å²) in [6.45, 7) is 5.98. The molecule has 17 heavy (non-hydrogen) atoms. The predicted molar refractivity (Wildman–Crippen MR) is 60.9 cm³/mol. The summed E-state index contributed by atoms with van der Waals surface area (Å²) in [6, 6.07) is 0. The third kappa shape index (κ3) is 3.35. The highest BCUT2D eigenvalue weighted by atomic mass is 16.8. The van der Waals surface area contributed by atoms with E-state index in [9.17, 15) is 9.59 Å². The molecule has 1 saturated carbocycles. The number of ether oxygens (including phenoxy) is 2. The van der Waals surface area contributed by atoms with Gasteiger partial charge in [-0.1, -0.05) is 27.2 Å². The molecular weight excluding hydrogens is 224 g/mol. The van der Waals surface area contributed by atoms with Crippen molar-refractivity contribution in [1.29, 1.82) is 0 Å². The van der Waals surface area contributed by atoms with Crippen molar-refractivity contribution < 1.29 is 24.2 Å². The van der Waals surface area contributed by atoms with Crippen molar-refractivity contribution in [2.45, 2.75) is 58.5 Å². The van der Waals surface area contributed by atoms with Crippen molar-refractivity contribution in [3.05, 3.63) is 0 Å². The van der Waals surface area contributed by atoms with Gasteiger partial charge in [-0.15, -0.1) is 0 Å². The molecule has 0 aliphatic heterocycles. The molecule has 0 radical (unpaired) electrons. The Morgan fingerprint density at radius 2 is 1.65 bits per heavy atom. The zero-order valence-electron chi connectivity index (χ0n) is 10.6. The molecule has 0 aromatic rings. The molecule has 0 heterocycles. The van der Waals surface area contributed by atoms with Crippen LogP contribution in [0.2, 0.25) is 0 Å². The first kappa shape index (κ1) is 13.8. The highest BCUT2D eigenvalue weighted by Gasteiger charge is 2.46. The number of rotatable bonds is 1. The van der Waals surface area contributed by atoms with Gasteiger partial charge in [-0.05, 0) is 25.7 Å². The number of carbonyl (C=O) groups is 2. The highest BCUT2D eigenvalue weighted by Crippen LogP contribution is 2.45. The molecule has 0 spiro atoms. The molecule has 98 valence electrons. The van der Waals surface area contributed by atoms with Gasteiger partial charge in [0.15, 0.2) is 0 Å². The zero-order valence-corrected chi connectivity index (χ0v) is 10.6. The summed E-state index contributed by atoms with van der Waals surface area (Å²) in [5, 5.41) is 8.38. The average Bonchev–Trinajstić information content (AvgIpc) is 2.15. The molecule has 0 saturated heterocycles. The van der Waals surface area contributed by atoms with Crippen molar-refractivity contribution >= 4 is 12.3 Å². The van der Waals surface area contributed by atoms with Crippen LogP contribution in [0.5, 0.6) is 0 Å². The van der Waals surface area contributed by atoms with E-state index < -0.39 is 17.9 Å². The van der Waals surface area contributed by atoms with Crippen LogP contribution in [-0.2, 0) is 9.47 Å². The van der Waals surface area contributed by atoms with Gasteiger partial charge in [0, 0.05) is 5.41 Å². The Morgan fingerprint density at radius 3 is 2.06 bits per heavy atom. The fourth-order valence-corrected chi connectivity index (χ4v) is 2.38. The molecule has 1 rings (SSSR count). The van der Waals surface area contributed by atoms with Crippen LogP contribution in [-0.4, -0.2) is 23.0 Å². The van der Waals surface area contributed by atoms with Crippen molar-refractivity contribution in [1.82, 2.24) is 0 Å².